The minimum atomic E-state index is -1.54. The van der Waals surface area contributed by atoms with Gasteiger partial charge in [0, 0.05) is 12.6 Å². The van der Waals surface area contributed by atoms with Gasteiger partial charge in [0.1, 0.15) is 42.7 Å². The molecule has 1 aliphatic carbocycles. The predicted molar refractivity (Wildman–Crippen MR) is 135 cm³/mol. The van der Waals surface area contributed by atoms with Crippen LogP contribution in [-0.4, -0.2) is 144 Å². The molecular formula is C23H46N6O10. The molecule has 39 heavy (non-hydrogen) atoms. The van der Waals surface area contributed by atoms with Gasteiger partial charge in [-0.25, -0.2) is 0 Å². The number of carbonyl (C=O) groups excluding carboxylic acids is 1. The molecule has 15 N–H and O–H groups in total. The number of carbonyl (C=O) groups is 1. The maximum absolute atomic E-state index is 12.6. The topological polar surface area (TPSA) is 283 Å². The van der Waals surface area contributed by atoms with Crippen molar-refractivity contribution in [2.24, 2.45) is 22.9 Å². The molecule has 16 nitrogen and oxygen atoms in total. The molecule has 0 bridgehead atoms. The van der Waals surface area contributed by atoms with E-state index in [4.69, 9.17) is 41.9 Å². The van der Waals surface area contributed by atoms with Crippen molar-refractivity contribution in [1.29, 1.82) is 0 Å². The third-order valence-electron chi connectivity index (χ3n) is 7.54. The van der Waals surface area contributed by atoms with Crippen molar-refractivity contribution in [2.45, 2.75) is 111 Å². The minimum Gasteiger partial charge on any atom is -0.394 e. The van der Waals surface area contributed by atoms with Gasteiger partial charge in [-0.05, 0) is 39.3 Å². The Morgan fingerprint density at radius 3 is 2.33 bits per heavy atom. The smallest absolute Gasteiger partial charge is 0.249 e. The molecule has 0 aromatic carbocycles. The van der Waals surface area contributed by atoms with Gasteiger partial charge in [-0.1, -0.05) is 0 Å². The van der Waals surface area contributed by atoms with Crippen molar-refractivity contribution in [1.82, 2.24) is 10.6 Å². The summed E-state index contributed by atoms with van der Waals surface area (Å²) in [6.45, 7) is 0.0333. The molecule has 0 spiro atoms. The van der Waals surface area contributed by atoms with Crippen LogP contribution < -0.4 is 33.6 Å². The molecule has 3 fully saturated rings. The van der Waals surface area contributed by atoms with Gasteiger partial charge in [0.15, 0.2) is 12.6 Å². The number of aliphatic hydroxyl groups excluding tert-OH is 5. The highest BCUT2D eigenvalue weighted by Crippen LogP contribution is 2.31. The van der Waals surface area contributed by atoms with Gasteiger partial charge in [-0.3, -0.25) is 4.79 Å². The van der Waals surface area contributed by atoms with Crippen LogP contribution in [0.15, 0.2) is 0 Å². The number of hydrogen-bond acceptors (Lipinski definition) is 15. The molecule has 0 aromatic heterocycles. The van der Waals surface area contributed by atoms with E-state index in [9.17, 15) is 30.3 Å². The van der Waals surface area contributed by atoms with E-state index < -0.39 is 92.0 Å². The maximum Gasteiger partial charge on any atom is 0.249 e. The van der Waals surface area contributed by atoms with Gasteiger partial charge < -0.3 is 78.0 Å². The number of rotatable bonds is 11. The fourth-order valence-corrected chi connectivity index (χ4v) is 5.23. The van der Waals surface area contributed by atoms with Crippen LogP contribution >= 0.6 is 0 Å². The van der Waals surface area contributed by atoms with Crippen molar-refractivity contribution in [2.75, 3.05) is 26.7 Å². The molecule has 2 heterocycles. The second-order valence-corrected chi connectivity index (χ2v) is 10.5. The molecule has 16 heteroatoms. The Hall–Kier alpha value is -1.09. The summed E-state index contributed by atoms with van der Waals surface area (Å²) < 4.78 is 23.5. The van der Waals surface area contributed by atoms with E-state index in [0.29, 0.717) is 13.0 Å². The normalized spacial score (nSPS) is 44.1. The highest BCUT2D eigenvalue weighted by Gasteiger charge is 2.51. The molecule has 0 aromatic rings. The van der Waals surface area contributed by atoms with Crippen LogP contribution in [0.3, 0.4) is 0 Å². The Morgan fingerprint density at radius 1 is 1.00 bits per heavy atom. The highest BCUT2D eigenvalue weighted by atomic mass is 16.7. The van der Waals surface area contributed by atoms with E-state index in [1.165, 1.54) is 0 Å². The summed E-state index contributed by atoms with van der Waals surface area (Å²) in [5.74, 6) is -0.754. The largest absolute Gasteiger partial charge is 0.394 e. The number of amides is 1. The van der Waals surface area contributed by atoms with Crippen molar-refractivity contribution < 1.29 is 49.3 Å². The average molecular weight is 567 g/mol. The van der Waals surface area contributed by atoms with Crippen LogP contribution in [0.5, 0.6) is 0 Å². The van der Waals surface area contributed by atoms with Crippen molar-refractivity contribution >= 4 is 5.91 Å². The van der Waals surface area contributed by atoms with Crippen molar-refractivity contribution in [3.8, 4) is 0 Å². The van der Waals surface area contributed by atoms with Crippen LogP contribution in [0.1, 0.15) is 25.7 Å². The summed E-state index contributed by atoms with van der Waals surface area (Å²) in [6, 6.07) is -3.48. The fourth-order valence-electron chi connectivity index (χ4n) is 5.23. The third-order valence-corrected chi connectivity index (χ3v) is 7.54. The Morgan fingerprint density at radius 2 is 1.69 bits per heavy atom. The first kappa shape index (κ1) is 32.4. The zero-order valence-electron chi connectivity index (χ0n) is 22.1. The first-order valence-electron chi connectivity index (χ1n) is 13.4. The molecule has 0 radical (unpaired) electrons. The summed E-state index contributed by atoms with van der Waals surface area (Å²) in [5, 5.41) is 57.6. The summed E-state index contributed by atoms with van der Waals surface area (Å²) in [5.41, 5.74) is 24.0. The van der Waals surface area contributed by atoms with Gasteiger partial charge in [0.25, 0.3) is 0 Å². The van der Waals surface area contributed by atoms with E-state index in [1.54, 1.807) is 7.05 Å². The van der Waals surface area contributed by atoms with E-state index >= 15 is 0 Å². The Labute approximate surface area is 227 Å². The molecule has 3 aliphatic rings. The lowest BCUT2D eigenvalue weighted by Crippen LogP contribution is -2.69. The minimum absolute atomic E-state index is 0.00445. The van der Waals surface area contributed by atoms with E-state index in [0.717, 1.165) is 6.42 Å². The van der Waals surface area contributed by atoms with Gasteiger partial charge in [-0.15, -0.1) is 0 Å². The van der Waals surface area contributed by atoms with Crippen LogP contribution in [0.2, 0.25) is 0 Å². The molecule has 2 saturated heterocycles. The average Bonchev–Trinajstić information content (AvgIpc) is 2.90. The van der Waals surface area contributed by atoms with Gasteiger partial charge in [-0.2, -0.15) is 0 Å². The van der Waals surface area contributed by atoms with E-state index in [1.807, 2.05) is 0 Å². The number of nitrogens with one attached hydrogen (secondary N) is 2. The Bertz CT molecular complexity index is 771. The summed E-state index contributed by atoms with van der Waals surface area (Å²) in [6.07, 6.45) is -10.4. The van der Waals surface area contributed by atoms with Crippen LogP contribution in [0, 0.1) is 0 Å². The molecule has 2 aliphatic heterocycles. The first-order chi connectivity index (χ1) is 18.5. The molecule has 228 valence electrons. The van der Waals surface area contributed by atoms with Gasteiger partial charge >= 0.3 is 0 Å². The van der Waals surface area contributed by atoms with Crippen LogP contribution in [-0.2, 0) is 23.7 Å². The second kappa shape index (κ2) is 14.7. The van der Waals surface area contributed by atoms with Crippen LogP contribution in [0.4, 0.5) is 0 Å². The van der Waals surface area contributed by atoms with Gasteiger partial charge in [0.2, 0.25) is 5.91 Å². The summed E-state index contributed by atoms with van der Waals surface area (Å²) >= 11 is 0. The molecule has 1 saturated carbocycles. The Balaban J connectivity index is 1.82. The number of ether oxygens (including phenoxy) is 4. The predicted octanol–water partition coefficient (Wildman–Crippen LogP) is -6.14. The number of hydrogen-bond donors (Lipinski definition) is 11. The fraction of sp³-hybridized carbons (Fsp3) is 0.957. The molecule has 6 unspecified atom stereocenters. The third kappa shape index (κ3) is 7.81. The van der Waals surface area contributed by atoms with Gasteiger partial charge in [0.05, 0.1) is 30.8 Å². The van der Waals surface area contributed by atoms with Crippen molar-refractivity contribution in [3.05, 3.63) is 0 Å². The highest BCUT2D eigenvalue weighted by molar-refractivity contribution is 5.80. The number of likely N-dealkylation sites (N-methyl/N-ethyl adjacent to an activating group) is 1. The van der Waals surface area contributed by atoms with E-state index in [-0.39, 0.29) is 25.5 Å². The quantitative estimate of drug-likeness (QED) is 0.111. The van der Waals surface area contributed by atoms with Crippen LogP contribution in [0.25, 0.3) is 0 Å². The monoisotopic (exact) mass is 566 g/mol. The molecule has 14 atom stereocenters. The molecule has 1 amide bonds. The second-order valence-electron chi connectivity index (χ2n) is 10.5. The molecular weight excluding hydrogens is 520 g/mol. The lowest BCUT2D eigenvalue weighted by Gasteiger charge is -2.48. The Kier molecular flexibility index (Phi) is 12.2. The summed E-state index contributed by atoms with van der Waals surface area (Å²) in [7, 11) is 1.80. The lowest BCUT2D eigenvalue weighted by atomic mass is 9.83. The number of aliphatic hydroxyl groups is 5. The first-order valence-corrected chi connectivity index (χ1v) is 13.4. The standard InChI is InChI=1S/C23H46N6O10/c1-28-7-9-2-3-10(25)22(36-9)38-19-11(26)6-12(29-21(35)13(31)4-5-24)20(18(19)34)39-23-17(33)15(27)16(32)14(8-30)37-23/h9-20,22-23,28,30-34H,2-8,24-27H2,1H3,(H,29,35)/t9?,10?,11-,12+,13-,14?,15-,16-,17?,18?,19?,20+,22-,23-/m0/s1. The van der Waals surface area contributed by atoms with Crippen molar-refractivity contribution in [3.63, 3.8) is 0 Å². The zero-order chi connectivity index (χ0) is 28.9. The molecule has 3 rings (SSSR count). The number of nitrogens with two attached hydrogens (primary N) is 4. The zero-order valence-corrected chi connectivity index (χ0v) is 22.1. The summed E-state index contributed by atoms with van der Waals surface area (Å²) in [4.78, 5) is 12.6. The lowest BCUT2D eigenvalue weighted by molar-refractivity contribution is -0.314. The van der Waals surface area contributed by atoms with E-state index in [2.05, 4.69) is 10.6 Å². The SMILES string of the molecule is CNCC1CCC(N)[C@H](OC2C(O)[C@H](O[C@@H]3OC(CO)[C@H](O)[C@H](N)C3O)[C@H](NC(=O)[C@@H](O)CCN)C[C@@H]2N)O1. The maximum atomic E-state index is 12.6.